The van der Waals surface area contributed by atoms with Crippen LogP contribution in [0.1, 0.15) is 59.4 Å². The molecule has 0 radical (unpaired) electrons. The number of para-hydroxylation sites is 1. The summed E-state index contributed by atoms with van der Waals surface area (Å²) in [7, 11) is 0. The van der Waals surface area contributed by atoms with E-state index in [4.69, 9.17) is 21.7 Å². The van der Waals surface area contributed by atoms with Crippen LogP contribution in [0, 0.1) is 0 Å². The van der Waals surface area contributed by atoms with Gasteiger partial charge in [-0.3, -0.25) is 4.90 Å². The van der Waals surface area contributed by atoms with E-state index in [1.165, 1.54) is 5.56 Å². The first-order valence-corrected chi connectivity index (χ1v) is 12.9. The Morgan fingerprint density at radius 2 is 1.85 bits per heavy atom. The quantitative estimate of drug-likeness (QED) is 0.526. The smallest absolute Gasteiger partial charge is 0.169 e. The van der Waals surface area contributed by atoms with Gasteiger partial charge in [-0.25, -0.2) is 0 Å². The van der Waals surface area contributed by atoms with Gasteiger partial charge in [0.2, 0.25) is 0 Å². The van der Waals surface area contributed by atoms with Crippen molar-refractivity contribution >= 4 is 17.3 Å². The second-order valence-corrected chi connectivity index (χ2v) is 11.1. The zero-order valence-electron chi connectivity index (χ0n) is 21.3. The predicted octanol–water partition coefficient (Wildman–Crippen LogP) is 3.79. The fourth-order valence-electron chi connectivity index (χ4n) is 5.39. The number of rotatable bonds is 9. The number of benzene rings is 1. The van der Waals surface area contributed by atoms with Gasteiger partial charge in [0.15, 0.2) is 5.11 Å². The molecule has 2 heterocycles. The molecule has 0 amide bonds. The van der Waals surface area contributed by atoms with Crippen LogP contribution in [0.5, 0.6) is 5.75 Å². The molecule has 0 spiro atoms. The molecule has 7 heteroatoms. The lowest BCUT2D eigenvalue weighted by Crippen LogP contribution is -2.62. The summed E-state index contributed by atoms with van der Waals surface area (Å²) in [6.45, 7) is 18.3. The molecule has 1 aromatic rings. The average molecular weight is 477 g/mol. The van der Waals surface area contributed by atoms with E-state index in [-0.39, 0.29) is 11.1 Å². The molecular weight excluding hydrogens is 432 g/mol. The van der Waals surface area contributed by atoms with E-state index in [9.17, 15) is 0 Å². The second-order valence-electron chi connectivity index (χ2n) is 10.7. The lowest BCUT2D eigenvalue weighted by atomic mass is 9.80. The van der Waals surface area contributed by atoms with Crippen LogP contribution in [0.15, 0.2) is 24.3 Å². The third kappa shape index (κ3) is 8.39. The summed E-state index contributed by atoms with van der Waals surface area (Å²) in [5, 5.41) is 8.35. The van der Waals surface area contributed by atoms with Gasteiger partial charge in [0.05, 0.1) is 19.8 Å². The molecule has 6 nitrogen and oxygen atoms in total. The maximum Gasteiger partial charge on any atom is 0.169 e. The highest BCUT2D eigenvalue weighted by Gasteiger charge is 2.38. The molecule has 2 saturated heterocycles. The first-order chi connectivity index (χ1) is 15.7. The van der Waals surface area contributed by atoms with E-state index in [2.05, 4.69) is 66.3 Å². The number of morpholine rings is 1. The van der Waals surface area contributed by atoms with E-state index in [0.29, 0.717) is 12.6 Å². The third-order valence-corrected chi connectivity index (χ3v) is 6.82. The number of piperidine rings is 1. The zero-order chi connectivity index (χ0) is 23.9. The maximum absolute atomic E-state index is 6.00. The summed E-state index contributed by atoms with van der Waals surface area (Å²) < 4.78 is 11.4. The predicted molar refractivity (Wildman–Crippen MR) is 140 cm³/mol. The number of hydrogen-bond donors (Lipinski definition) is 2. The van der Waals surface area contributed by atoms with Crippen molar-refractivity contribution in [2.75, 3.05) is 46.0 Å². The minimum absolute atomic E-state index is 0.0811. The van der Waals surface area contributed by atoms with Gasteiger partial charge in [0.1, 0.15) is 5.75 Å². The van der Waals surface area contributed by atoms with Gasteiger partial charge in [-0.2, -0.15) is 0 Å². The normalized spacial score (nSPS) is 20.9. The molecule has 0 atom stereocenters. The van der Waals surface area contributed by atoms with Gasteiger partial charge >= 0.3 is 0 Å². The number of ether oxygens (including phenoxy) is 2. The molecule has 0 aliphatic carbocycles. The summed E-state index contributed by atoms with van der Waals surface area (Å²) in [5.74, 6) is 0.949. The van der Waals surface area contributed by atoms with Crippen LogP contribution in [0.2, 0.25) is 0 Å². The van der Waals surface area contributed by atoms with Crippen LogP contribution in [-0.4, -0.2) is 78.0 Å². The van der Waals surface area contributed by atoms with Crippen LogP contribution < -0.4 is 15.4 Å². The van der Waals surface area contributed by atoms with Crippen LogP contribution in [0.3, 0.4) is 0 Å². The Labute approximate surface area is 206 Å². The van der Waals surface area contributed by atoms with Gasteiger partial charge in [-0.15, -0.1) is 0 Å². The summed E-state index contributed by atoms with van der Waals surface area (Å²) in [4.78, 5) is 4.82. The molecule has 2 aliphatic rings. The van der Waals surface area contributed by atoms with Gasteiger partial charge in [-0.05, 0) is 72.2 Å². The van der Waals surface area contributed by atoms with Crippen molar-refractivity contribution in [3.63, 3.8) is 0 Å². The Kier molecular flexibility index (Phi) is 9.39. The lowest BCUT2D eigenvalue weighted by molar-refractivity contribution is 0.0367. The molecule has 2 N–H and O–H groups in total. The fraction of sp³-hybridized carbons (Fsp3) is 0.731. The minimum atomic E-state index is 0.0811. The van der Waals surface area contributed by atoms with E-state index in [1.807, 2.05) is 13.0 Å². The molecule has 2 fully saturated rings. The lowest BCUT2D eigenvalue weighted by Gasteiger charge is -2.47. The Bertz CT molecular complexity index is 748. The van der Waals surface area contributed by atoms with Crippen molar-refractivity contribution < 1.29 is 9.47 Å². The summed E-state index contributed by atoms with van der Waals surface area (Å²) in [6.07, 6.45) is 3.17. The summed E-state index contributed by atoms with van der Waals surface area (Å²) in [5.41, 5.74) is 1.34. The van der Waals surface area contributed by atoms with Gasteiger partial charge in [0, 0.05) is 55.4 Å². The van der Waals surface area contributed by atoms with Crippen molar-refractivity contribution in [1.82, 2.24) is 20.4 Å². The SMILES string of the molecule is CCOc1ccccc1CN(CCCN1CCOCC1)C(=S)NC1CC(C)(C)NC(C)(C)C1. The van der Waals surface area contributed by atoms with Crippen molar-refractivity contribution in [3.8, 4) is 5.75 Å². The Hall–Kier alpha value is -1.41. The van der Waals surface area contributed by atoms with Gasteiger partial charge in [0.25, 0.3) is 0 Å². The molecule has 0 unspecified atom stereocenters. The monoisotopic (exact) mass is 476 g/mol. The van der Waals surface area contributed by atoms with Crippen molar-refractivity contribution in [1.29, 1.82) is 0 Å². The highest BCUT2D eigenvalue weighted by atomic mass is 32.1. The molecule has 3 rings (SSSR count). The summed E-state index contributed by atoms with van der Waals surface area (Å²) >= 11 is 6.00. The Morgan fingerprint density at radius 3 is 2.52 bits per heavy atom. The standard InChI is InChI=1S/C26H44N4O2S/c1-6-32-23-11-8-7-10-21(23)20-30(13-9-12-29-14-16-31-17-15-29)24(33)27-22-18-25(2,3)28-26(4,5)19-22/h7-8,10-11,22,28H,6,9,12-20H2,1-5H3,(H,27,33). The number of nitrogens with one attached hydrogen (secondary N) is 2. The van der Waals surface area contributed by atoms with E-state index < -0.39 is 0 Å². The zero-order valence-corrected chi connectivity index (χ0v) is 22.1. The summed E-state index contributed by atoms with van der Waals surface area (Å²) in [6, 6.07) is 8.68. The molecule has 186 valence electrons. The fourth-order valence-corrected chi connectivity index (χ4v) is 5.71. The van der Waals surface area contributed by atoms with E-state index in [0.717, 1.165) is 76.1 Å². The highest BCUT2D eigenvalue weighted by molar-refractivity contribution is 7.80. The second kappa shape index (κ2) is 11.8. The van der Waals surface area contributed by atoms with Crippen LogP contribution in [-0.2, 0) is 11.3 Å². The number of hydrogen-bond acceptors (Lipinski definition) is 5. The van der Waals surface area contributed by atoms with Crippen molar-refractivity contribution in [3.05, 3.63) is 29.8 Å². The molecule has 0 aromatic heterocycles. The topological polar surface area (TPSA) is 49.0 Å². The average Bonchev–Trinajstić information content (AvgIpc) is 2.73. The first-order valence-electron chi connectivity index (χ1n) is 12.5. The van der Waals surface area contributed by atoms with E-state index in [1.54, 1.807) is 0 Å². The van der Waals surface area contributed by atoms with Crippen LogP contribution in [0.4, 0.5) is 0 Å². The maximum atomic E-state index is 6.00. The number of nitrogens with zero attached hydrogens (tertiary/aromatic N) is 2. The molecule has 2 aliphatic heterocycles. The van der Waals surface area contributed by atoms with Crippen molar-refractivity contribution in [2.24, 2.45) is 0 Å². The highest BCUT2D eigenvalue weighted by Crippen LogP contribution is 2.29. The number of thiocarbonyl (C=S) groups is 1. The van der Waals surface area contributed by atoms with Crippen LogP contribution in [0.25, 0.3) is 0 Å². The van der Waals surface area contributed by atoms with Crippen molar-refractivity contribution in [2.45, 2.75) is 77.5 Å². The van der Waals surface area contributed by atoms with Gasteiger partial charge < -0.3 is 25.0 Å². The van der Waals surface area contributed by atoms with Crippen LogP contribution >= 0.6 is 12.2 Å². The molecular formula is C26H44N4O2S. The molecule has 33 heavy (non-hydrogen) atoms. The Morgan fingerprint density at radius 1 is 1.18 bits per heavy atom. The third-order valence-electron chi connectivity index (χ3n) is 6.44. The molecule has 0 saturated carbocycles. The first kappa shape index (κ1) is 26.2. The largest absolute Gasteiger partial charge is 0.494 e. The molecule has 1 aromatic carbocycles. The Balaban J connectivity index is 1.67. The van der Waals surface area contributed by atoms with Gasteiger partial charge in [-0.1, -0.05) is 18.2 Å². The van der Waals surface area contributed by atoms with E-state index >= 15 is 0 Å². The molecule has 0 bridgehead atoms. The minimum Gasteiger partial charge on any atom is -0.494 e.